The van der Waals surface area contributed by atoms with E-state index < -0.39 is 29.9 Å². The third-order valence-corrected chi connectivity index (χ3v) is 5.08. The lowest BCUT2D eigenvalue weighted by molar-refractivity contribution is -0.147. The summed E-state index contributed by atoms with van der Waals surface area (Å²) >= 11 is 0. The van der Waals surface area contributed by atoms with Crippen LogP contribution in [-0.2, 0) is 28.9 Å². The Morgan fingerprint density at radius 3 is 2.29 bits per heavy atom. The number of likely N-dealkylation sites (tertiary alicyclic amines) is 1. The summed E-state index contributed by atoms with van der Waals surface area (Å²) in [6, 6.07) is 0. The van der Waals surface area contributed by atoms with Crippen LogP contribution in [0.4, 0.5) is 23.8 Å². The number of nitrogens with zero attached hydrogens (tertiary/aromatic N) is 4. The molecule has 0 aliphatic carbocycles. The van der Waals surface area contributed by atoms with Crippen molar-refractivity contribution in [2.24, 2.45) is 5.92 Å². The molecule has 3 amide bonds. The van der Waals surface area contributed by atoms with E-state index in [-0.39, 0.29) is 37.1 Å². The molecule has 28 heavy (non-hydrogen) atoms. The number of nitrogens with one attached hydrogen (secondary N) is 1. The maximum absolute atomic E-state index is 13.3. The smallest absolute Gasteiger partial charge is 0.449 e. The number of hydrogen-bond donors (Lipinski definition) is 2. The van der Waals surface area contributed by atoms with Crippen molar-refractivity contribution in [2.45, 2.75) is 39.0 Å². The number of carboxylic acid groups (broad SMARTS) is 1. The van der Waals surface area contributed by atoms with Gasteiger partial charge in [-0.05, 0) is 12.8 Å². The quantitative estimate of drug-likeness (QED) is 0.780. The van der Waals surface area contributed by atoms with Crippen LogP contribution in [0.15, 0.2) is 0 Å². The molecule has 154 valence electrons. The molecule has 0 radical (unpaired) electrons. The predicted molar refractivity (Wildman–Crippen MR) is 89.3 cm³/mol. The van der Waals surface area contributed by atoms with Gasteiger partial charge in [0.05, 0.1) is 12.2 Å². The van der Waals surface area contributed by atoms with Gasteiger partial charge in [0.15, 0.2) is 5.82 Å². The Morgan fingerprint density at radius 2 is 1.75 bits per heavy atom. The summed E-state index contributed by atoms with van der Waals surface area (Å²) in [4.78, 5) is 41.2. The second kappa shape index (κ2) is 7.32. The number of carbonyl (C=O) groups is 3. The molecule has 2 aliphatic heterocycles. The Labute approximate surface area is 158 Å². The van der Waals surface area contributed by atoms with Crippen LogP contribution >= 0.6 is 0 Å². The Bertz CT molecular complexity index is 799. The first-order valence-corrected chi connectivity index (χ1v) is 8.78. The second-order valence-corrected chi connectivity index (χ2v) is 6.85. The van der Waals surface area contributed by atoms with Crippen LogP contribution in [0.2, 0.25) is 0 Å². The van der Waals surface area contributed by atoms with Gasteiger partial charge in [-0.15, -0.1) is 0 Å². The SMILES string of the molecule is CC(=O)N1CCC(C(=O)Nc2nc(C(F)(F)F)n3c2CN(C(=O)O)CC3)CC1. The Balaban J connectivity index is 1.80. The molecule has 12 heteroatoms. The molecule has 0 unspecified atom stereocenters. The van der Waals surface area contributed by atoms with E-state index in [4.69, 9.17) is 5.11 Å². The second-order valence-electron chi connectivity index (χ2n) is 6.85. The monoisotopic (exact) mass is 403 g/mol. The maximum atomic E-state index is 13.3. The van der Waals surface area contributed by atoms with E-state index >= 15 is 0 Å². The number of amides is 3. The van der Waals surface area contributed by atoms with Crippen LogP contribution in [0.5, 0.6) is 0 Å². The van der Waals surface area contributed by atoms with Gasteiger partial charge >= 0.3 is 12.3 Å². The minimum absolute atomic E-state index is 0.00972. The summed E-state index contributed by atoms with van der Waals surface area (Å²) < 4.78 is 40.8. The van der Waals surface area contributed by atoms with E-state index in [0.29, 0.717) is 25.9 Å². The molecule has 0 atom stereocenters. The maximum Gasteiger partial charge on any atom is 0.449 e. The van der Waals surface area contributed by atoms with Gasteiger partial charge in [-0.1, -0.05) is 0 Å². The minimum atomic E-state index is -4.73. The highest BCUT2D eigenvalue weighted by Crippen LogP contribution is 2.34. The average molecular weight is 403 g/mol. The normalized spacial score (nSPS) is 18.0. The summed E-state index contributed by atoms with van der Waals surface area (Å²) in [6.45, 7) is 1.64. The number of imidazole rings is 1. The van der Waals surface area contributed by atoms with Crippen LogP contribution in [0.3, 0.4) is 0 Å². The Kier molecular flexibility index (Phi) is 5.22. The molecular formula is C16H20F3N5O4. The summed E-state index contributed by atoms with van der Waals surface area (Å²) in [7, 11) is 0. The van der Waals surface area contributed by atoms with Crippen molar-refractivity contribution >= 4 is 23.7 Å². The van der Waals surface area contributed by atoms with E-state index in [1.54, 1.807) is 4.90 Å². The van der Waals surface area contributed by atoms with Crippen molar-refractivity contribution in [1.29, 1.82) is 0 Å². The summed E-state index contributed by atoms with van der Waals surface area (Å²) in [5.41, 5.74) is 0.00972. The molecule has 2 N–H and O–H groups in total. The molecule has 0 aromatic carbocycles. The van der Waals surface area contributed by atoms with Gasteiger partial charge in [-0.25, -0.2) is 9.78 Å². The van der Waals surface area contributed by atoms with Gasteiger partial charge in [0.25, 0.3) is 0 Å². The lowest BCUT2D eigenvalue weighted by Crippen LogP contribution is -2.41. The largest absolute Gasteiger partial charge is 0.465 e. The van der Waals surface area contributed by atoms with Gasteiger partial charge in [0, 0.05) is 39.0 Å². The van der Waals surface area contributed by atoms with Crippen molar-refractivity contribution in [2.75, 3.05) is 25.0 Å². The lowest BCUT2D eigenvalue weighted by Gasteiger charge is -2.30. The molecule has 0 spiro atoms. The average Bonchev–Trinajstić information content (AvgIpc) is 3.00. The third-order valence-electron chi connectivity index (χ3n) is 5.08. The molecule has 1 aromatic heterocycles. The molecule has 2 aliphatic rings. The van der Waals surface area contributed by atoms with Crippen LogP contribution in [-0.4, -0.2) is 62.0 Å². The Morgan fingerprint density at radius 1 is 1.11 bits per heavy atom. The molecule has 0 bridgehead atoms. The van der Waals surface area contributed by atoms with Crippen molar-refractivity contribution in [3.8, 4) is 0 Å². The summed E-state index contributed by atoms with van der Waals surface area (Å²) in [5.74, 6) is -2.45. The fourth-order valence-electron chi connectivity index (χ4n) is 3.52. The van der Waals surface area contributed by atoms with Crippen molar-refractivity contribution in [1.82, 2.24) is 19.4 Å². The zero-order valence-electron chi connectivity index (χ0n) is 15.1. The van der Waals surface area contributed by atoms with E-state index in [9.17, 15) is 27.6 Å². The zero-order chi connectivity index (χ0) is 20.6. The number of rotatable bonds is 2. The molecule has 1 aromatic rings. The molecule has 3 rings (SSSR count). The van der Waals surface area contributed by atoms with Crippen molar-refractivity contribution in [3.63, 3.8) is 0 Å². The van der Waals surface area contributed by atoms with Gasteiger partial charge in [0.1, 0.15) is 0 Å². The van der Waals surface area contributed by atoms with Gasteiger partial charge < -0.3 is 24.8 Å². The van der Waals surface area contributed by atoms with Crippen LogP contribution < -0.4 is 5.32 Å². The molecule has 9 nitrogen and oxygen atoms in total. The summed E-state index contributed by atoms with van der Waals surface area (Å²) in [6.07, 6.45) is -5.19. The third kappa shape index (κ3) is 3.90. The van der Waals surface area contributed by atoms with Crippen molar-refractivity contribution < 1.29 is 32.7 Å². The lowest BCUT2D eigenvalue weighted by atomic mass is 9.96. The van der Waals surface area contributed by atoms with E-state index in [2.05, 4.69) is 10.3 Å². The number of aromatic nitrogens is 2. The van der Waals surface area contributed by atoms with E-state index in [0.717, 1.165) is 9.47 Å². The molecule has 0 saturated carbocycles. The number of hydrogen-bond acceptors (Lipinski definition) is 4. The zero-order valence-corrected chi connectivity index (χ0v) is 15.1. The first-order valence-electron chi connectivity index (χ1n) is 8.78. The highest BCUT2D eigenvalue weighted by molar-refractivity contribution is 5.92. The van der Waals surface area contributed by atoms with Gasteiger partial charge in [-0.2, -0.15) is 13.2 Å². The number of halogens is 3. The van der Waals surface area contributed by atoms with E-state index in [1.165, 1.54) is 6.92 Å². The van der Waals surface area contributed by atoms with Crippen molar-refractivity contribution in [3.05, 3.63) is 11.5 Å². The van der Waals surface area contributed by atoms with Crippen LogP contribution in [0, 0.1) is 5.92 Å². The number of anilines is 1. The number of fused-ring (bicyclic) bond motifs is 1. The first kappa shape index (κ1) is 20.0. The highest BCUT2D eigenvalue weighted by Gasteiger charge is 2.41. The molecule has 1 saturated heterocycles. The standard InChI is InChI=1S/C16H20F3N5O4/c1-9(25)22-4-2-10(3-5-22)13(26)20-12-11-8-23(15(27)28)6-7-24(11)14(21-12)16(17,18)19/h10H,2-8H2,1H3,(H,20,26)(H,27,28). The van der Waals surface area contributed by atoms with E-state index in [1.807, 2.05) is 0 Å². The van der Waals surface area contributed by atoms with Gasteiger partial charge in [-0.3, -0.25) is 9.59 Å². The van der Waals surface area contributed by atoms with Crippen LogP contribution in [0.25, 0.3) is 0 Å². The van der Waals surface area contributed by atoms with Crippen LogP contribution in [0.1, 0.15) is 31.3 Å². The number of carbonyl (C=O) groups excluding carboxylic acids is 2. The number of piperidine rings is 1. The summed E-state index contributed by atoms with van der Waals surface area (Å²) in [5, 5.41) is 11.6. The molecule has 3 heterocycles. The minimum Gasteiger partial charge on any atom is -0.465 e. The van der Waals surface area contributed by atoms with Gasteiger partial charge in [0.2, 0.25) is 17.6 Å². The molecule has 1 fully saturated rings. The molecular weight excluding hydrogens is 383 g/mol. The Hall–Kier alpha value is -2.79. The topological polar surface area (TPSA) is 108 Å². The fourth-order valence-corrected chi connectivity index (χ4v) is 3.52. The predicted octanol–water partition coefficient (Wildman–Crippen LogP) is 1.59. The fraction of sp³-hybridized carbons (Fsp3) is 0.625. The highest BCUT2D eigenvalue weighted by atomic mass is 19.4. The number of alkyl halides is 3. The first-order chi connectivity index (χ1) is 13.1.